The lowest BCUT2D eigenvalue weighted by atomic mass is 10.1. The van der Waals surface area contributed by atoms with Gasteiger partial charge in [0.2, 0.25) is 6.54 Å². The fourth-order valence-electron chi connectivity index (χ4n) is 2.53. The normalized spacial score (nSPS) is 12.1. The van der Waals surface area contributed by atoms with E-state index in [0.29, 0.717) is 31.6 Å². The van der Waals surface area contributed by atoms with E-state index < -0.39 is 5.25 Å². The molecule has 0 fully saturated rings. The van der Waals surface area contributed by atoms with Crippen LogP contribution in [0.3, 0.4) is 0 Å². The molecule has 1 aromatic heterocycles. The second-order valence-electron chi connectivity index (χ2n) is 5.63. The Morgan fingerprint density at radius 1 is 1.11 bits per heavy atom. The number of hydrogen-bond donors (Lipinski definition) is 0. The van der Waals surface area contributed by atoms with Gasteiger partial charge in [0.1, 0.15) is 11.1 Å². The molecule has 0 spiro atoms. The topological polar surface area (TPSA) is 73.8 Å². The Bertz CT molecular complexity index is 979. The summed E-state index contributed by atoms with van der Waals surface area (Å²) < 4.78 is 1.82. The molecule has 0 N–H and O–H groups in total. The number of nitro groups is 1. The summed E-state index contributed by atoms with van der Waals surface area (Å²) in [6.45, 7) is 1.49. The molecule has 27 heavy (non-hydrogen) atoms. The lowest BCUT2D eigenvalue weighted by Crippen LogP contribution is -2.11. The predicted octanol–water partition coefficient (Wildman–Crippen LogP) is 5.65. The van der Waals surface area contributed by atoms with Crippen molar-refractivity contribution >= 4 is 46.6 Å². The van der Waals surface area contributed by atoms with E-state index in [4.69, 9.17) is 34.8 Å². The van der Waals surface area contributed by atoms with Crippen LogP contribution in [0.25, 0.3) is 5.69 Å². The number of halogens is 3. The van der Waals surface area contributed by atoms with Crippen LogP contribution in [0.4, 0.5) is 0 Å². The molecule has 10 heteroatoms. The van der Waals surface area contributed by atoms with E-state index in [0.717, 1.165) is 5.69 Å². The number of nitrogens with zero attached hydrogens (tertiary/aromatic N) is 4. The molecule has 140 valence electrons. The van der Waals surface area contributed by atoms with Crippen LogP contribution in [-0.4, -0.2) is 26.2 Å². The molecule has 0 amide bonds. The maximum atomic E-state index is 11.2. The average molecular weight is 444 g/mol. The SMILES string of the molecule is Cc1nnc(S[C@@H](C[N+](=O)[O-])c2ccc(Cl)cc2Cl)n1-c1ccc(Cl)cc1. The van der Waals surface area contributed by atoms with Gasteiger partial charge in [0.05, 0.1) is 0 Å². The number of benzene rings is 2. The van der Waals surface area contributed by atoms with Gasteiger partial charge in [-0.2, -0.15) is 0 Å². The number of aromatic nitrogens is 3. The number of hydrogen-bond acceptors (Lipinski definition) is 5. The molecular weight excluding hydrogens is 431 g/mol. The first-order chi connectivity index (χ1) is 12.8. The maximum Gasteiger partial charge on any atom is 0.220 e. The highest BCUT2D eigenvalue weighted by atomic mass is 35.5. The van der Waals surface area contributed by atoms with Crippen LogP contribution in [0, 0.1) is 17.0 Å². The highest BCUT2D eigenvalue weighted by Gasteiger charge is 2.25. The van der Waals surface area contributed by atoms with Crippen LogP contribution in [-0.2, 0) is 0 Å². The molecule has 3 rings (SSSR count). The number of thioether (sulfide) groups is 1. The van der Waals surface area contributed by atoms with Gasteiger partial charge in [0.15, 0.2) is 5.16 Å². The van der Waals surface area contributed by atoms with Crippen molar-refractivity contribution in [2.45, 2.75) is 17.3 Å². The van der Waals surface area contributed by atoms with Gasteiger partial charge in [0.25, 0.3) is 0 Å². The van der Waals surface area contributed by atoms with E-state index in [1.807, 2.05) is 23.6 Å². The molecule has 0 aliphatic rings. The maximum absolute atomic E-state index is 11.2. The zero-order valence-corrected chi connectivity index (χ0v) is 17.1. The summed E-state index contributed by atoms with van der Waals surface area (Å²) in [7, 11) is 0. The molecule has 0 bridgehead atoms. The van der Waals surface area contributed by atoms with E-state index in [1.54, 1.807) is 30.3 Å². The quantitative estimate of drug-likeness (QED) is 0.280. The summed E-state index contributed by atoms with van der Waals surface area (Å²) in [5, 5.41) is 20.9. The van der Waals surface area contributed by atoms with Crippen molar-refractivity contribution in [3.63, 3.8) is 0 Å². The first-order valence-corrected chi connectivity index (χ1v) is 9.78. The van der Waals surface area contributed by atoms with Gasteiger partial charge in [-0.3, -0.25) is 14.7 Å². The Morgan fingerprint density at radius 3 is 2.41 bits per heavy atom. The van der Waals surface area contributed by atoms with Crippen LogP contribution in [0.15, 0.2) is 47.6 Å². The minimum absolute atomic E-state index is 0.321. The van der Waals surface area contributed by atoms with E-state index in [2.05, 4.69) is 10.2 Å². The number of rotatable bonds is 6. The van der Waals surface area contributed by atoms with Crippen LogP contribution < -0.4 is 0 Å². The van der Waals surface area contributed by atoms with Gasteiger partial charge in [-0.1, -0.05) is 52.6 Å². The largest absolute Gasteiger partial charge is 0.274 e. The molecule has 0 unspecified atom stereocenters. The Balaban J connectivity index is 2.00. The fraction of sp³-hybridized carbons (Fsp3) is 0.176. The van der Waals surface area contributed by atoms with E-state index in [-0.39, 0.29) is 11.5 Å². The zero-order chi connectivity index (χ0) is 19.6. The fourth-order valence-corrected chi connectivity index (χ4v) is 4.48. The lowest BCUT2D eigenvalue weighted by Gasteiger charge is -2.15. The molecule has 6 nitrogen and oxygen atoms in total. The van der Waals surface area contributed by atoms with Crippen molar-refractivity contribution in [3.8, 4) is 5.69 Å². The Kier molecular flexibility index (Phi) is 6.26. The Labute approximate surface area is 174 Å². The zero-order valence-electron chi connectivity index (χ0n) is 14.0. The van der Waals surface area contributed by atoms with Gasteiger partial charge < -0.3 is 0 Å². The summed E-state index contributed by atoms with van der Waals surface area (Å²) in [5.41, 5.74) is 1.43. The highest BCUT2D eigenvalue weighted by Crippen LogP contribution is 2.39. The van der Waals surface area contributed by atoms with Crippen molar-refractivity contribution in [1.82, 2.24) is 14.8 Å². The van der Waals surface area contributed by atoms with Crippen molar-refractivity contribution in [2.24, 2.45) is 0 Å². The third-order valence-corrected chi connectivity index (χ3v) is 5.73. The van der Waals surface area contributed by atoms with Crippen molar-refractivity contribution in [2.75, 3.05) is 6.54 Å². The van der Waals surface area contributed by atoms with Crippen LogP contribution in [0.5, 0.6) is 0 Å². The molecular formula is C17H13Cl3N4O2S. The standard InChI is InChI=1S/C17H13Cl3N4O2S/c1-10-21-22-17(24(10)13-5-2-11(18)3-6-13)27-16(9-23(25)26)14-7-4-12(19)8-15(14)20/h2-8,16H,9H2,1H3/t16-/m0/s1. The lowest BCUT2D eigenvalue weighted by molar-refractivity contribution is -0.479. The second kappa shape index (κ2) is 8.48. The van der Waals surface area contributed by atoms with Gasteiger partial charge in [0, 0.05) is 25.7 Å². The minimum Gasteiger partial charge on any atom is -0.274 e. The average Bonchev–Trinajstić information content (AvgIpc) is 2.95. The molecule has 2 aromatic carbocycles. The molecule has 3 aromatic rings. The predicted molar refractivity (Wildman–Crippen MR) is 108 cm³/mol. The summed E-state index contributed by atoms with van der Waals surface area (Å²) >= 11 is 19.4. The molecule has 1 heterocycles. The van der Waals surface area contributed by atoms with E-state index >= 15 is 0 Å². The molecule has 0 aliphatic carbocycles. The van der Waals surface area contributed by atoms with Gasteiger partial charge >= 0.3 is 0 Å². The van der Waals surface area contributed by atoms with Crippen molar-refractivity contribution < 1.29 is 4.92 Å². The summed E-state index contributed by atoms with van der Waals surface area (Å²) in [5.74, 6) is 0.655. The van der Waals surface area contributed by atoms with Crippen molar-refractivity contribution in [3.05, 3.63) is 79.0 Å². The molecule has 0 saturated heterocycles. The first kappa shape index (κ1) is 19.9. The molecule has 0 saturated carbocycles. The monoisotopic (exact) mass is 442 g/mol. The highest BCUT2D eigenvalue weighted by molar-refractivity contribution is 7.99. The third-order valence-electron chi connectivity index (χ3n) is 3.75. The summed E-state index contributed by atoms with van der Waals surface area (Å²) in [4.78, 5) is 10.8. The van der Waals surface area contributed by atoms with Crippen LogP contribution in [0.1, 0.15) is 16.6 Å². The van der Waals surface area contributed by atoms with E-state index in [9.17, 15) is 10.1 Å². The first-order valence-electron chi connectivity index (χ1n) is 7.76. The summed E-state index contributed by atoms with van der Waals surface area (Å²) in [6.07, 6.45) is 0. The van der Waals surface area contributed by atoms with Gasteiger partial charge in [-0.15, -0.1) is 10.2 Å². The van der Waals surface area contributed by atoms with E-state index in [1.165, 1.54) is 11.8 Å². The summed E-state index contributed by atoms with van der Waals surface area (Å²) in [6, 6.07) is 12.1. The van der Waals surface area contributed by atoms with Gasteiger partial charge in [-0.05, 0) is 48.9 Å². The number of aryl methyl sites for hydroxylation is 1. The molecule has 0 aliphatic heterocycles. The van der Waals surface area contributed by atoms with Crippen molar-refractivity contribution in [1.29, 1.82) is 0 Å². The Morgan fingerprint density at radius 2 is 1.78 bits per heavy atom. The minimum atomic E-state index is -0.556. The molecule has 0 radical (unpaired) electrons. The Hall–Kier alpha value is -1.80. The molecule has 1 atom stereocenters. The second-order valence-corrected chi connectivity index (χ2v) is 8.08. The smallest absolute Gasteiger partial charge is 0.220 e. The van der Waals surface area contributed by atoms with Crippen LogP contribution in [0.2, 0.25) is 15.1 Å². The third kappa shape index (κ3) is 4.73. The van der Waals surface area contributed by atoms with Gasteiger partial charge in [-0.25, -0.2) is 0 Å². The van der Waals surface area contributed by atoms with Crippen LogP contribution >= 0.6 is 46.6 Å².